The number of nitrogens with one attached hydrogen (secondary N) is 1. The summed E-state index contributed by atoms with van der Waals surface area (Å²) in [5.41, 5.74) is 4.02. The monoisotopic (exact) mass is 342 g/mol. The number of aromatic amines is 1. The molecule has 136 valence electrons. The first kappa shape index (κ1) is 16.8. The molecule has 2 atom stereocenters. The number of hydrogen-bond donors (Lipinski definition) is 1. The Morgan fingerprint density at radius 3 is 2.92 bits per heavy atom. The number of fused-ring (bicyclic) bond motifs is 2. The molecule has 2 fully saturated rings. The van der Waals surface area contributed by atoms with Gasteiger partial charge in [-0.25, -0.2) is 9.50 Å². The summed E-state index contributed by atoms with van der Waals surface area (Å²) in [7, 11) is 0. The van der Waals surface area contributed by atoms with Crippen molar-refractivity contribution in [1.82, 2.24) is 19.5 Å². The SMILES string of the molecule is CCc1c(C)[nH]n2c(=O)cc(CC[C@@H]3CCCN4CCCC[C@H]34)nc12. The molecular weight excluding hydrogens is 312 g/mol. The van der Waals surface area contributed by atoms with Crippen LogP contribution in [0.5, 0.6) is 0 Å². The Labute approximate surface area is 149 Å². The first-order chi connectivity index (χ1) is 12.2. The van der Waals surface area contributed by atoms with E-state index in [1.165, 1.54) is 45.2 Å². The van der Waals surface area contributed by atoms with Gasteiger partial charge in [-0.1, -0.05) is 13.3 Å². The fraction of sp³-hybridized carbons (Fsp3) is 0.700. The molecule has 2 saturated heterocycles. The lowest BCUT2D eigenvalue weighted by molar-refractivity contribution is 0.0559. The lowest BCUT2D eigenvalue weighted by Gasteiger charge is -2.44. The van der Waals surface area contributed by atoms with Gasteiger partial charge >= 0.3 is 0 Å². The molecule has 4 rings (SSSR count). The molecule has 5 heteroatoms. The summed E-state index contributed by atoms with van der Waals surface area (Å²) in [5, 5.41) is 3.15. The molecule has 0 unspecified atom stereocenters. The Bertz CT molecular complexity index is 804. The van der Waals surface area contributed by atoms with E-state index >= 15 is 0 Å². The third kappa shape index (κ3) is 3.14. The van der Waals surface area contributed by atoms with Gasteiger partial charge in [-0.15, -0.1) is 0 Å². The minimum absolute atomic E-state index is 0.0192. The molecule has 0 amide bonds. The highest BCUT2D eigenvalue weighted by Gasteiger charge is 2.32. The van der Waals surface area contributed by atoms with Crippen LogP contribution in [-0.4, -0.2) is 38.6 Å². The standard InChI is InChI=1S/C20H30N4O/c1-3-17-14(2)22-24-19(25)13-16(21-20(17)24)10-9-15-7-6-12-23-11-5-4-8-18(15)23/h13,15,18,22H,3-12H2,1-2H3/t15-,18+/m0/s1. The fourth-order valence-electron chi connectivity index (χ4n) is 5.04. The molecule has 0 aromatic carbocycles. The molecule has 0 radical (unpaired) electrons. The lowest BCUT2D eigenvalue weighted by Crippen LogP contribution is -2.48. The van der Waals surface area contributed by atoms with Crippen molar-refractivity contribution in [3.63, 3.8) is 0 Å². The van der Waals surface area contributed by atoms with Gasteiger partial charge in [0.2, 0.25) is 0 Å². The van der Waals surface area contributed by atoms with E-state index in [2.05, 4.69) is 16.9 Å². The van der Waals surface area contributed by atoms with Crippen molar-refractivity contribution in [3.05, 3.63) is 33.4 Å². The Kier molecular flexibility index (Phi) is 4.67. The lowest BCUT2D eigenvalue weighted by atomic mass is 9.81. The zero-order valence-corrected chi connectivity index (χ0v) is 15.6. The van der Waals surface area contributed by atoms with Crippen LogP contribution in [0.2, 0.25) is 0 Å². The highest BCUT2D eigenvalue weighted by atomic mass is 16.1. The van der Waals surface area contributed by atoms with E-state index in [0.29, 0.717) is 0 Å². The Morgan fingerprint density at radius 1 is 1.24 bits per heavy atom. The van der Waals surface area contributed by atoms with Gasteiger partial charge in [0.05, 0.1) is 0 Å². The van der Waals surface area contributed by atoms with Crippen LogP contribution in [-0.2, 0) is 12.8 Å². The second-order valence-corrected chi connectivity index (χ2v) is 7.85. The largest absolute Gasteiger partial charge is 0.300 e. The van der Waals surface area contributed by atoms with Crippen LogP contribution in [0.3, 0.4) is 0 Å². The van der Waals surface area contributed by atoms with E-state index < -0.39 is 0 Å². The summed E-state index contributed by atoms with van der Waals surface area (Å²) in [6.07, 6.45) is 9.75. The number of nitrogens with zero attached hydrogens (tertiary/aromatic N) is 3. The molecule has 2 aromatic heterocycles. The molecule has 0 bridgehead atoms. The van der Waals surface area contributed by atoms with Crippen LogP contribution in [0.1, 0.15) is 62.4 Å². The maximum atomic E-state index is 12.4. The first-order valence-corrected chi connectivity index (χ1v) is 10.0. The van der Waals surface area contributed by atoms with E-state index in [9.17, 15) is 4.79 Å². The molecule has 5 nitrogen and oxygen atoms in total. The first-order valence-electron chi connectivity index (χ1n) is 10.0. The number of rotatable bonds is 4. The molecule has 0 saturated carbocycles. The maximum absolute atomic E-state index is 12.4. The summed E-state index contributed by atoms with van der Waals surface area (Å²) in [6, 6.07) is 2.50. The van der Waals surface area contributed by atoms with Gasteiger partial charge in [0.15, 0.2) is 5.65 Å². The van der Waals surface area contributed by atoms with E-state index in [-0.39, 0.29) is 5.56 Å². The van der Waals surface area contributed by atoms with Crippen molar-refractivity contribution in [2.24, 2.45) is 5.92 Å². The highest BCUT2D eigenvalue weighted by Crippen LogP contribution is 2.33. The average molecular weight is 342 g/mol. The van der Waals surface area contributed by atoms with Crippen LogP contribution in [0, 0.1) is 12.8 Å². The molecule has 2 aliphatic rings. The molecule has 4 heterocycles. The highest BCUT2D eigenvalue weighted by molar-refractivity contribution is 5.50. The van der Waals surface area contributed by atoms with Crippen LogP contribution >= 0.6 is 0 Å². The smallest absolute Gasteiger partial charge is 0.272 e. The van der Waals surface area contributed by atoms with Gasteiger partial charge in [0.1, 0.15) is 0 Å². The van der Waals surface area contributed by atoms with Crippen molar-refractivity contribution in [2.75, 3.05) is 13.1 Å². The minimum atomic E-state index is 0.0192. The minimum Gasteiger partial charge on any atom is -0.300 e. The summed E-state index contributed by atoms with van der Waals surface area (Å²) in [4.78, 5) is 20.0. The van der Waals surface area contributed by atoms with Gasteiger partial charge in [-0.05, 0) is 70.9 Å². The summed E-state index contributed by atoms with van der Waals surface area (Å²) >= 11 is 0. The Balaban J connectivity index is 1.53. The van der Waals surface area contributed by atoms with Crippen LogP contribution in [0.15, 0.2) is 10.9 Å². The fourth-order valence-corrected chi connectivity index (χ4v) is 5.04. The van der Waals surface area contributed by atoms with Gasteiger partial charge in [-0.2, -0.15) is 0 Å². The van der Waals surface area contributed by atoms with Crippen LogP contribution in [0.25, 0.3) is 5.65 Å². The van der Waals surface area contributed by atoms with Crippen molar-refractivity contribution >= 4 is 5.65 Å². The molecule has 25 heavy (non-hydrogen) atoms. The van der Waals surface area contributed by atoms with E-state index in [1.54, 1.807) is 10.6 Å². The molecule has 1 N–H and O–H groups in total. The predicted molar refractivity (Wildman–Crippen MR) is 100 cm³/mol. The zero-order chi connectivity index (χ0) is 17.4. The number of aryl methyl sites for hydroxylation is 3. The predicted octanol–water partition coefficient (Wildman–Crippen LogP) is 3.09. The van der Waals surface area contributed by atoms with Crippen molar-refractivity contribution in [1.29, 1.82) is 0 Å². The molecule has 2 aliphatic heterocycles. The Morgan fingerprint density at radius 2 is 2.08 bits per heavy atom. The normalized spacial score (nSPS) is 24.6. The number of H-pyrrole nitrogens is 1. The summed E-state index contributed by atoms with van der Waals surface area (Å²) < 4.78 is 1.60. The maximum Gasteiger partial charge on any atom is 0.272 e. The summed E-state index contributed by atoms with van der Waals surface area (Å²) in [6.45, 7) is 6.71. The molecule has 0 spiro atoms. The summed E-state index contributed by atoms with van der Waals surface area (Å²) in [5.74, 6) is 0.771. The third-order valence-corrected chi connectivity index (χ3v) is 6.33. The van der Waals surface area contributed by atoms with Gasteiger partial charge < -0.3 is 4.90 Å². The van der Waals surface area contributed by atoms with E-state index in [4.69, 9.17) is 4.98 Å². The second-order valence-electron chi connectivity index (χ2n) is 7.85. The number of aromatic nitrogens is 3. The quantitative estimate of drug-likeness (QED) is 0.929. The number of hydrogen-bond acceptors (Lipinski definition) is 3. The van der Waals surface area contributed by atoms with E-state index in [0.717, 1.165) is 53.8 Å². The zero-order valence-electron chi connectivity index (χ0n) is 15.6. The van der Waals surface area contributed by atoms with Crippen LogP contribution < -0.4 is 5.56 Å². The van der Waals surface area contributed by atoms with Gasteiger partial charge in [-0.3, -0.25) is 9.89 Å². The molecule has 0 aliphatic carbocycles. The second kappa shape index (κ2) is 6.94. The average Bonchev–Trinajstić information content (AvgIpc) is 2.95. The topological polar surface area (TPSA) is 53.4 Å². The number of piperidine rings is 2. The third-order valence-electron chi connectivity index (χ3n) is 6.33. The van der Waals surface area contributed by atoms with Crippen molar-refractivity contribution in [2.45, 2.75) is 71.3 Å². The Hall–Kier alpha value is -1.62. The molecular formula is C20H30N4O. The van der Waals surface area contributed by atoms with Gasteiger partial charge in [0, 0.05) is 29.1 Å². The van der Waals surface area contributed by atoms with Crippen LogP contribution in [0.4, 0.5) is 0 Å². The van der Waals surface area contributed by atoms with E-state index in [1.807, 2.05) is 6.92 Å². The van der Waals surface area contributed by atoms with Gasteiger partial charge in [0.25, 0.3) is 5.56 Å². The van der Waals surface area contributed by atoms with Crippen molar-refractivity contribution in [3.8, 4) is 0 Å². The molecule has 2 aromatic rings. The van der Waals surface area contributed by atoms with Crippen molar-refractivity contribution < 1.29 is 0 Å².